The molecule has 2 amide bonds. The van der Waals surface area contributed by atoms with Crippen LogP contribution in [0.5, 0.6) is 11.5 Å². The number of carbonyl (C=O) groups is 2. The molecule has 11 heteroatoms. The highest BCUT2D eigenvalue weighted by atomic mass is 35.5. The molecule has 3 aromatic carbocycles. The topological polar surface area (TPSA) is 100 Å². The monoisotopic (exact) mass is 547 g/mol. The van der Waals surface area contributed by atoms with E-state index in [9.17, 15) is 19.2 Å². The Labute approximate surface area is 221 Å². The van der Waals surface area contributed by atoms with Crippen molar-refractivity contribution in [2.45, 2.75) is 0 Å². The summed E-state index contributed by atoms with van der Waals surface area (Å²) >= 11 is 18.1. The Hall–Kier alpha value is -3.77. The summed E-state index contributed by atoms with van der Waals surface area (Å²) in [6.45, 7) is -0.394. The summed E-state index contributed by atoms with van der Waals surface area (Å²) in [5.41, 5.74) is 0.892. The fourth-order valence-corrected chi connectivity index (χ4v) is 3.49. The number of rotatable bonds is 8. The summed E-state index contributed by atoms with van der Waals surface area (Å²) in [5, 5.41) is 15.3. The van der Waals surface area contributed by atoms with E-state index in [1.165, 1.54) is 55.7 Å². The molecule has 0 spiro atoms. The van der Waals surface area contributed by atoms with Gasteiger partial charge >= 0.3 is 0 Å². The lowest BCUT2D eigenvalue weighted by atomic mass is 10.1. The molecular weight excluding hydrogens is 532 g/mol. The number of hydrogen-bond acceptors (Lipinski definition) is 5. The molecule has 0 heterocycles. The molecule has 7 nitrogen and oxygen atoms in total. The van der Waals surface area contributed by atoms with Gasteiger partial charge in [0, 0.05) is 11.4 Å². The lowest BCUT2D eigenvalue weighted by molar-refractivity contribution is -0.118. The minimum Gasteiger partial charge on any atom is -0.493 e. The van der Waals surface area contributed by atoms with Crippen LogP contribution in [-0.2, 0) is 9.59 Å². The smallest absolute Gasteiger partial charge is 0.266 e. The van der Waals surface area contributed by atoms with Crippen LogP contribution in [0.2, 0.25) is 15.1 Å². The van der Waals surface area contributed by atoms with E-state index in [4.69, 9.17) is 44.3 Å². The Kier molecular flexibility index (Phi) is 9.14. The van der Waals surface area contributed by atoms with Gasteiger partial charge in [0.1, 0.15) is 17.5 Å². The molecule has 0 fully saturated rings. The van der Waals surface area contributed by atoms with Crippen molar-refractivity contribution in [1.82, 2.24) is 0 Å². The minimum absolute atomic E-state index is 0.0826. The van der Waals surface area contributed by atoms with Crippen molar-refractivity contribution in [3.8, 4) is 17.6 Å². The number of nitrogens with one attached hydrogen (secondary N) is 2. The predicted molar refractivity (Wildman–Crippen MR) is 137 cm³/mol. The van der Waals surface area contributed by atoms with Crippen molar-refractivity contribution >= 4 is 64.1 Å². The lowest BCUT2D eigenvalue weighted by Crippen LogP contribution is -2.20. The quantitative estimate of drug-likeness (QED) is 0.252. The van der Waals surface area contributed by atoms with Crippen LogP contribution in [0, 0.1) is 17.1 Å². The third-order valence-corrected chi connectivity index (χ3v) is 5.60. The Morgan fingerprint density at radius 2 is 1.67 bits per heavy atom. The van der Waals surface area contributed by atoms with Crippen LogP contribution in [0.4, 0.5) is 15.8 Å². The molecule has 3 aromatic rings. The Morgan fingerprint density at radius 3 is 2.31 bits per heavy atom. The SMILES string of the molecule is COc1cc(/C=C(\C#N)C(=O)Nc2ccc(F)cc2)cc(Cl)c1OCC(=O)Nc1ccc(Cl)c(Cl)c1. The molecule has 0 bridgehead atoms. The van der Waals surface area contributed by atoms with E-state index in [2.05, 4.69) is 10.6 Å². The maximum absolute atomic E-state index is 13.1. The zero-order valence-electron chi connectivity index (χ0n) is 18.6. The predicted octanol–water partition coefficient (Wildman–Crippen LogP) is 6.36. The molecule has 0 saturated carbocycles. The van der Waals surface area contributed by atoms with Crippen LogP contribution in [0.15, 0.2) is 60.2 Å². The van der Waals surface area contributed by atoms with Crippen LogP contribution in [0.25, 0.3) is 6.08 Å². The average Bonchev–Trinajstić information content (AvgIpc) is 2.85. The van der Waals surface area contributed by atoms with Gasteiger partial charge in [-0.1, -0.05) is 34.8 Å². The van der Waals surface area contributed by atoms with Gasteiger partial charge in [-0.05, 0) is 66.2 Å². The van der Waals surface area contributed by atoms with Crippen LogP contribution in [0.3, 0.4) is 0 Å². The molecule has 2 N–H and O–H groups in total. The van der Waals surface area contributed by atoms with Gasteiger partial charge in [0.15, 0.2) is 18.1 Å². The van der Waals surface area contributed by atoms with Crippen LogP contribution >= 0.6 is 34.8 Å². The van der Waals surface area contributed by atoms with Gasteiger partial charge in [-0.25, -0.2) is 4.39 Å². The highest BCUT2D eigenvalue weighted by molar-refractivity contribution is 6.42. The third-order valence-electron chi connectivity index (χ3n) is 4.58. The van der Waals surface area contributed by atoms with Crippen molar-refractivity contribution in [2.24, 2.45) is 0 Å². The number of hydrogen-bond donors (Lipinski definition) is 2. The number of halogens is 4. The highest BCUT2D eigenvalue weighted by Crippen LogP contribution is 2.37. The fourth-order valence-electron chi connectivity index (χ4n) is 2.92. The van der Waals surface area contributed by atoms with Gasteiger partial charge in [0.05, 0.1) is 22.2 Å². The van der Waals surface area contributed by atoms with Gasteiger partial charge in [-0.15, -0.1) is 0 Å². The van der Waals surface area contributed by atoms with E-state index in [0.717, 1.165) is 0 Å². The molecule has 36 heavy (non-hydrogen) atoms. The van der Waals surface area contributed by atoms with E-state index < -0.39 is 24.2 Å². The number of carbonyl (C=O) groups excluding carboxylic acids is 2. The van der Waals surface area contributed by atoms with Crippen molar-refractivity contribution < 1.29 is 23.5 Å². The average molecular weight is 549 g/mol. The normalized spacial score (nSPS) is 10.8. The van der Waals surface area contributed by atoms with E-state index in [-0.39, 0.29) is 27.1 Å². The van der Waals surface area contributed by atoms with Crippen molar-refractivity contribution in [1.29, 1.82) is 5.26 Å². The zero-order valence-corrected chi connectivity index (χ0v) is 20.8. The maximum Gasteiger partial charge on any atom is 0.266 e. The number of methoxy groups -OCH3 is 1. The molecule has 0 aliphatic carbocycles. The van der Waals surface area contributed by atoms with Gasteiger partial charge in [-0.3, -0.25) is 9.59 Å². The first-order chi connectivity index (χ1) is 17.2. The molecular formula is C25H17Cl3FN3O4. The number of anilines is 2. The first-order valence-corrected chi connectivity index (χ1v) is 11.3. The number of benzene rings is 3. The largest absolute Gasteiger partial charge is 0.493 e. The molecule has 3 rings (SSSR count). The fraction of sp³-hybridized carbons (Fsp3) is 0.0800. The summed E-state index contributed by atoms with van der Waals surface area (Å²) in [4.78, 5) is 24.7. The van der Waals surface area contributed by atoms with E-state index >= 15 is 0 Å². The van der Waals surface area contributed by atoms with Crippen molar-refractivity contribution in [3.05, 3.63) is 86.6 Å². The number of nitrogens with zero attached hydrogens (tertiary/aromatic N) is 1. The van der Waals surface area contributed by atoms with Gasteiger partial charge < -0.3 is 20.1 Å². The first-order valence-electron chi connectivity index (χ1n) is 10.1. The Morgan fingerprint density at radius 1 is 0.972 bits per heavy atom. The second-order valence-corrected chi connectivity index (χ2v) is 8.35. The number of amides is 2. The number of nitriles is 1. The minimum atomic E-state index is -0.696. The maximum atomic E-state index is 13.1. The van der Waals surface area contributed by atoms with Crippen LogP contribution < -0.4 is 20.1 Å². The summed E-state index contributed by atoms with van der Waals surface area (Å²) in [6.07, 6.45) is 1.30. The van der Waals surface area contributed by atoms with Gasteiger partial charge in [0.25, 0.3) is 11.8 Å². The number of ether oxygens (including phenoxy) is 2. The molecule has 0 aromatic heterocycles. The summed E-state index contributed by atoms with van der Waals surface area (Å²) in [6, 6.07) is 14.5. The second kappa shape index (κ2) is 12.3. The van der Waals surface area contributed by atoms with Crippen molar-refractivity contribution in [3.63, 3.8) is 0 Å². The Balaban J connectivity index is 1.73. The third kappa shape index (κ3) is 7.12. The molecule has 184 valence electrons. The molecule has 0 saturated heterocycles. The molecule has 0 aliphatic rings. The van der Waals surface area contributed by atoms with Crippen LogP contribution in [0.1, 0.15) is 5.56 Å². The van der Waals surface area contributed by atoms with E-state index in [1.807, 2.05) is 6.07 Å². The van der Waals surface area contributed by atoms with E-state index in [0.29, 0.717) is 22.0 Å². The first kappa shape index (κ1) is 26.8. The second-order valence-electron chi connectivity index (χ2n) is 7.13. The molecule has 0 atom stereocenters. The summed E-state index contributed by atoms with van der Waals surface area (Å²) < 4.78 is 23.9. The van der Waals surface area contributed by atoms with Crippen molar-refractivity contribution in [2.75, 3.05) is 24.4 Å². The zero-order chi connectivity index (χ0) is 26.2. The summed E-state index contributed by atoms with van der Waals surface area (Å²) in [7, 11) is 1.37. The van der Waals surface area contributed by atoms with E-state index in [1.54, 1.807) is 12.1 Å². The van der Waals surface area contributed by atoms with Gasteiger partial charge in [0.2, 0.25) is 0 Å². The lowest BCUT2D eigenvalue weighted by Gasteiger charge is -2.14. The Bertz CT molecular complexity index is 1370. The molecule has 0 radical (unpaired) electrons. The van der Waals surface area contributed by atoms with Crippen LogP contribution in [-0.4, -0.2) is 25.5 Å². The summed E-state index contributed by atoms with van der Waals surface area (Å²) in [5.74, 6) is -1.37. The molecule has 0 aliphatic heterocycles. The molecule has 0 unspecified atom stereocenters. The van der Waals surface area contributed by atoms with Gasteiger partial charge in [-0.2, -0.15) is 5.26 Å². The highest BCUT2D eigenvalue weighted by Gasteiger charge is 2.16. The standard InChI is InChI=1S/C25H17Cl3FN3O4/c1-35-22-10-14(8-15(12-30)25(34)32-17-4-2-16(29)3-5-17)9-21(28)24(22)36-13-23(33)31-18-6-7-19(26)20(27)11-18/h2-11H,13H2,1H3,(H,31,33)(H,32,34)/b15-8+.